The van der Waals surface area contributed by atoms with Crippen LogP contribution in [0.1, 0.15) is 52.5 Å². The average molecular weight is 374 g/mol. The van der Waals surface area contributed by atoms with E-state index < -0.39 is 11.2 Å². The predicted molar refractivity (Wildman–Crippen MR) is 101 cm³/mol. The summed E-state index contributed by atoms with van der Waals surface area (Å²) in [7, 11) is 0. The van der Waals surface area contributed by atoms with E-state index in [0.29, 0.717) is 30.1 Å². The number of carbonyl (C=O) groups excluding carboxylic acids is 1. The van der Waals surface area contributed by atoms with Gasteiger partial charge in [0.1, 0.15) is 5.82 Å². The zero-order chi connectivity index (χ0) is 18.3. The van der Waals surface area contributed by atoms with E-state index in [9.17, 15) is 9.18 Å². The second-order valence-electron chi connectivity index (χ2n) is 6.37. The predicted octanol–water partition coefficient (Wildman–Crippen LogP) is 5.54. The number of carbonyl (C=O) groups is 1. The Morgan fingerprint density at radius 2 is 2.04 bits per heavy atom. The number of hydrogen-bond acceptors (Lipinski definition) is 3. The molecule has 0 aliphatic heterocycles. The Morgan fingerprint density at radius 1 is 1.38 bits per heavy atom. The van der Waals surface area contributed by atoms with Crippen LogP contribution in [-0.2, 0) is 16.0 Å². The van der Waals surface area contributed by atoms with E-state index in [-0.39, 0.29) is 16.6 Å². The Kier molecular flexibility index (Phi) is 8.10. The van der Waals surface area contributed by atoms with E-state index in [0.717, 1.165) is 12.8 Å². The number of thiocarbonyl (C=S) groups is 1. The van der Waals surface area contributed by atoms with Gasteiger partial charge in [-0.15, -0.1) is 0 Å². The molecule has 0 saturated carbocycles. The Balaban J connectivity index is 2.89. The Bertz CT molecular complexity index is 605. The molecule has 0 aromatic heterocycles. The van der Waals surface area contributed by atoms with E-state index in [1.54, 1.807) is 0 Å². The lowest BCUT2D eigenvalue weighted by molar-refractivity contribution is -0.124. The van der Waals surface area contributed by atoms with E-state index in [2.05, 4.69) is 12.2 Å². The van der Waals surface area contributed by atoms with Crippen molar-refractivity contribution in [1.29, 1.82) is 0 Å². The van der Waals surface area contributed by atoms with Crippen LogP contribution in [0.25, 0.3) is 0 Å². The van der Waals surface area contributed by atoms with Gasteiger partial charge in [-0.1, -0.05) is 45.7 Å². The third-order valence-electron chi connectivity index (χ3n) is 3.98. The van der Waals surface area contributed by atoms with Gasteiger partial charge in [-0.3, -0.25) is 4.79 Å². The quantitative estimate of drug-likeness (QED) is 0.480. The molecule has 0 atom stereocenters. The number of halogens is 2. The summed E-state index contributed by atoms with van der Waals surface area (Å²) >= 11 is 11.3. The summed E-state index contributed by atoms with van der Waals surface area (Å²) in [6, 6.07) is 2.72. The minimum Gasteiger partial charge on any atom is -0.487 e. The molecule has 1 aromatic carbocycles. The molecular formula is C18H25ClFNO2S. The molecule has 0 spiro atoms. The van der Waals surface area contributed by atoms with Crippen molar-refractivity contribution in [2.75, 3.05) is 11.9 Å². The molecule has 0 bridgehead atoms. The second kappa shape index (κ2) is 9.33. The first-order valence-corrected chi connectivity index (χ1v) is 8.94. The SMILES string of the molecule is CCCCOC(=S)Cc1cc(NC(=O)C(C)(C)CC)c(F)cc1Cl. The van der Waals surface area contributed by atoms with Gasteiger partial charge in [-0.05, 0) is 42.8 Å². The van der Waals surface area contributed by atoms with Crippen molar-refractivity contribution in [3.63, 3.8) is 0 Å². The molecule has 1 aromatic rings. The molecule has 3 nitrogen and oxygen atoms in total. The number of ether oxygens (including phenoxy) is 1. The first-order chi connectivity index (χ1) is 11.2. The van der Waals surface area contributed by atoms with E-state index in [1.165, 1.54) is 12.1 Å². The van der Waals surface area contributed by atoms with Gasteiger partial charge in [-0.2, -0.15) is 0 Å². The molecule has 6 heteroatoms. The number of hydrogen-bond donors (Lipinski definition) is 1. The molecule has 1 amide bonds. The monoisotopic (exact) mass is 373 g/mol. The highest BCUT2D eigenvalue weighted by molar-refractivity contribution is 7.80. The highest BCUT2D eigenvalue weighted by Gasteiger charge is 2.26. The molecule has 0 heterocycles. The van der Waals surface area contributed by atoms with Crippen molar-refractivity contribution in [1.82, 2.24) is 0 Å². The Morgan fingerprint density at radius 3 is 2.62 bits per heavy atom. The standard InChI is InChI=1S/C18H25ClFNO2S/c1-5-7-8-23-16(24)10-12-9-15(14(20)11-13(12)19)21-17(22)18(3,4)6-2/h9,11H,5-8,10H2,1-4H3,(H,21,22). The average Bonchev–Trinajstić information content (AvgIpc) is 2.52. The fourth-order valence-corrected chi connectivity index (χ4v) is 2.27. The molecule has 0 saturated heterocycles. The van der Waals surface area contributed by atoms with E-state index in [4.69, 9.17) is 28.6 Å². The molecular weight excluding hydrogens is 349 g/mol. The molecule has 0 unspecified atom stereocenters. The van der Waals surface area contributed by atoms with Crippen molar-refractivity contribution >= 4 is 40.5 Å². The van der Waals surface area contributed by atoms with Crippen molar-refractivity contribution in [2.45, 2.75) is 53.4 Å². The minimum absolute atomic E-state index is 0.109. The smallest absolute Gasteiger partial charge is 0.230 e. The summed E-state index contributed by atoms with van der Waals surface area (Å²) in [4.78, 5) is 12.2. The van der Waals surface area contributed by atoms with Crippen LogP contribution in [0.3, 0.4) is 0 Å². The lowest BCUT2D eigenvalue weighted by atomic mass is 9.89. The van der Waals surface area contributed by atoms with Crippen LogP contribution in [0.4, 0.5) is 10.1 Å². The first kappa shape index (κ1) is 20.8. The molecule has 0 radical (unpaired) electrons. The highest BCUT2D eigenvalue weighted by atomic mass is 35.5. The van der Waals surface area contributed by atoms with Crippen molar-refractivity contribution in [2.24, 2.45) is 5.41 Å². The number of anilines is 1. The number of unbranched alkanes of at least 4 members (excludes halogenated alkanes) is 1. The van der Waals surface area contributed by atoms with Crippen molar-refractivity contribution in [3.05, 3.63) is 28.5 Å². The first-order valence-electron chi connectivity index (χ1n) is 8.16. The van der Waals surface area contributed by atoms with Gasteiger partial charge in [-0.25, -0.2) is 4.39 Å². The Labute approximate surface area is 153 Å². The lowest BCUT2D eigenvalue weighted by Gasteiger charge is -2.22. The van der Waals surface area contributed by atoms with Crippen LogP contribution < -0.4 is 5.32 Å². The zero-order valence-corrected chi connectivity index (χ0v) is 16.2. The van der Waals surface area contributed by atoms with Gasteiger partial charge in [0.15, 0.2) is 5.05 Å². The normalized spacial score (nSPS) is 11.2. The van der Waals surface area contributed by atoms with Crippen LogP contribution in [0.5, 0.6) is 0 Å². The van der Waals surface area contributed by atoms with Crippen LogP contribution in [0, 0.1) is 11.2 Å². The molecule has 0 aliphatic carbocycles. The molecule has 1 rings (SSSR count). The second-order valence-corrected chi connectivity index (χ2v) is 7.23. The van der Waals surface area contributed by atoms with Gasteiger partial charge in [0.25, 0.3) is 0 Å². The molecule has 24 heavy (non-hydrogen) atoms. The summed E-state index contributed by atoms with van der Waals surface area (Å²) in [6.07, 6.45) is 2.89. The van der Waals surface area contributed by atoms with Gasteiger partial charge >= 0.3 is 0 Å². The lowest BCUT2D eigenvalue weighted by Crippen LogP contribution is -2.30. The fraction of sp³-hybridized carbons (Fsp3) is 0.556. The highest BCUT2D eigenvalue weighted by Crippen LogP contribution is 2.28. The fourth-order valence-electron chi connectivity index (χ4n) is 1.81. The third-order valence-corrected chi connectivity index (χ3v) is 4.59. The van der Waals surface area contributed by atoms with Crippen LogP contribution in [0.2, 0.25) is 5.02 Å². The van der Waals surface area contributed by atoms with Gasteiger partial charge in [0, 0.05) is 16.9 Å². The molecule has 134 valence electrons. The van der Waals surface area contributed by atoms with Crippen LogP contribution in [0.15, 0.2) is 12.1 Å². The largest absolute Gasteiger partial charge is 0.487 e. The summed E-state index contributed by atoms with van der Waals surface area (Å²) in [5.74, 6) is -0.805. The van der Waals surface area contributed by atoms with Gasteiger partial charge in [0.05, 0.1) is 12.3 Å². The minimum atomic E-state index is -0.579. The summed E-state index contributed by atoms with van der Waals surface area (Å²) in [5.41, 5.74) is 0.159. The van der Waals surface area contributed by atoms with E-state index in [1.807, 2.05) is 20.8 Å². The molecule has 0 fully saturated rings. The third kappa shape index (κ3) is 6.02. The molecule has 1 N–H and O–H groups in total. The number of rotatable bonds is 8. The number of nitrogens with one attached hydrogen (secondary N) is 1. The van der Waals surface area contributed by atoms with Crippen molar-refractivity contribution in [3.8, 4) is 0 Å². The number of benzene rings is 1. The maximum Gasteiger partial charge on any atom is 0.230 e. The van der Waals surface area contributed by atoms with E-state index >= 15 is 0 Å². The summed E-state index contributed by atoms with van der Waals surface area (Å²) in [5, 5.41) is 3.31. The maximum absolute atomic E-state index is 14.1. The topological polar surface area (TPSA) is 38.3 Å². The van der Waals surface area contributed by atoms with Crippen molar-refractivity contribution < 1.29 is 13.9 Å². The van der Waals surface area contributed by atoms with Crippen LogP contribution >= 0.6 is 23.8 Å². The zero-order valence-electron chi connectivity index (χ0n) is 14.7. The van der Waals surface area contributed by atoms with Crippen LogP contribution in [-0.4, -0.2) is 17.6 Å². The molecule has 0 aliphatic rings. The maximum atomic E-state index is 14.1. The summed E-state index contributed by atoms with van der Waals surface area (Å²) in [6.45, 7) is 8.16. The van der Waals surface area contributed by atoms with Gasteiger partial charge < -0.3 is 10.1 Å². The Hall–Kier alpha value is -1.20. The van der Waals surface area contributed by atoms with Gasteiger partial charge in [0.2, 0.25) is 5.91 Å². The summed E-state index contributed by atoms with van der Waals surface area (Å²) < 4.78 is 19.6. The number of amides is 1.